The Hall–Kier alpha value is -2.02. The maximum Gasteiger partial charge on any atom is 0.322 e. The Morgan fingerprint density at radius 1 is 1.42 bits per heavy atom. The van der Waals surface area contributed by atoms with Gasteiger partial charge in [-0.3, -0.25) is 14.9 Å². The van der Waals surface area contributed by atoms with Gasteiger partial charge >= 0.3 is 6.03 Å². The third-order valence-electron chi connectivity index (χ3n) is 3.35. The zero-order chi connectivity index (χ0) is 13.6. The van der Waals surface area contributed by atoms with E-state index in [9.17, 15) is 14.4 Å². The van der Waals surface area contributed by atoms with Crippen LogP contribution in [-0.2, 0) is 4.79 Å². The van der Waals surface area contributed by atoms with Crippen molar-refractivity contribution in [1.82, 2.24) is 15.5 Å². The standard InChI is InChI=1S/C11H10ClN3O4/c12-7-2-1-6(19-7)8(16)15-4-3-11(5-15)9(17)13-10(18)14-11/h1-2H,3-5H2,(H2,13,14,17,18). The number of urea groups is 1. The van der Waals surface area contributed by atoms with Gasteiger partial charge in [0.05, 0.1) is 6.54 Å². The molecule has 4 amide bonds. The zero-order valence-electron chi connectivity index (χ0n) is 9.73. The van der Waals surface area contributed by atoms with E-state index in [4.69, 9.17) is 16.0 Å². The second-order valence-electron chi connectivity index (χ2n) is 4.57. The molecule has 0 bridgehead atoms. The van der Waals surface area contributed by atoms with Crippen LogP contribution in [0.5, 0.6) is 0 Å². The van der Waals surface area contributed by atoms with Crippen molar-refractivity contribution in [3.8, 4) is 0 Å². The average Bonchev–Trinajstić information content (AvgIpc) is 3.01. The molecule has 0 aliphatic carbocycles. The lowest BCUT2D eigenvalue weighted by Gasteiger charge is -2.20. The number of hydrogen-bond donors (Lipinski definition) is 2. The number of carbonyl (C=O) groups is 3. The van der Waals surface area contributed by atoms with E-state index in [1.807, 2.05) is 0 Å². The van der Waals surface area contributed by atoms with Crippen LogP contribution >= 0.6 is 11.6 Å². The summed E-state index contributed by atoms with van der Waals surface area (Å²) in [6, 6.07) is 2.42. The molecule has 0 radical (unpaired) electrons. The second kappa shape index (κ2) is 3.99. The highest BCUT2D eigenvalue weighted by molar-refractivity contribution is 6.29. The largest absolute Gasteiger partial charge is 0.440 e. The number of furan rings is 1. The molecule has 3 heterocycles. The molecule has 19 heavy (non-hydrogen) atoms. The summed E-state index contributed by atoms with van der Waals surface area (Å²) < 4.78 is 5.04. The first-order valence-electron chi connectivity index (χ1n) is 5.68. The summed E-state index contributed by atoms with van der Waals surface area (Å²) in [7, 11) is 0. The van der Waals surface area contributed by atoms with E-state index >= 15 is 0 Å². The Bertz CT molecular complexity index is 584. The first-order chi connectivity index (χ1) is 9.00. The van der Waals surface area contributed by atoms with Crippen LogP contribution in [-0.4, -0.2) is 41.4 Å². The van der Waals surface area contributed by atoms with Crippen LogP contribution in [0.3, 0.4) is 0 Å². The number of imide groups is 1. The fraction of sp³-hybridized carbons (Fsp3) is 0.364. The molecule has 7 nitrogen and oxygen atoms in total. The van der Waals surface area contributed by atoms with Gasteiger partial charge in [0.25, 0.3) is 11.8 Å². The van der Waals surface area contributed by atoms with Gasteiger partial charge in [-0.25, -0.2) is 4.79 Å². The summed E-state index contributed by atoms with van der Waals surface area (Å²) in [5.74, 6) is -0.630. The lowest BCUT2D eigenvalue weighted by atomic mass is 10.00. The summed E-state index contributed by atoms with van der Waals surface area (Å²) >= 11 is 5.62. The monoisotopic (exact) mass is 283 g/mol. The van der Waals surface area contributed by atoms with Gasteiger partial charge in [0.15, 0.2) is 11.0 Å². The third-order valence-corrected chi connectivity index (χ3v) is 3.56. The molecule has 1 unspecified atom stereocenters. The van der Waals surface area contributed by atoms with Crippen LogP contribution < -0.4 is 10.6 Å². The van der Waals surface area contributed by atoms with Crippen molar-refractivity contribution in [2.75, 3.05) is 13.1 Å². The number of halogens is 1. The Kier molecular flexibility index (Phi) is 2.53. The molecule has 2 N–H and O–H groups in total. The molecular weight excluding hydrogens is 274 g/mol. The molecule has 2 fully saturated rings. The third kappa shape index (κ3) is 1.86. The fourth-order valence-corrected chi connectivity index (χ4v) is 2.53. The van der Waals surface area contributed by atoms with E-state index in [2.05, 4.69) is 10.6 Å². The topological polar surface area (TPSA) is 91.7 Å². The lowest BCUT2D eigenvalue weighted by molar-refractivity contribution is -0.123. The number of carbonyl (C=O) groups excluding carboxylic acids is 3. The predicted molar refractivity (Wildman–Crippen MR) is 63.6 cm³/mol. The summed E-state index contributed by atoms with van der Waals surface area (Å²) in [4.78, 5) is 36.5. The van der Waals surface area contributed by atoms with E-state index in [1.165, 1.54) is 17.0 Å². The Morgan fingerprint density at radius 2 is 2.21 bits per heavy atom. The van der Waals surface area contributed by atoms with Crippen molar-refractivity contribution < 1.29 is 18.8 Å². The highest BCUT2D eigenvalue weighted by atomic mass is 35.5. The molecule has 1 aromatic heterocycles. The quantitative estimate of drug-likeness (QED) is 0.728. The van der Waals surface area contributed by atoms with E-state index in [1.54, 1.807) is 0 Å². The molecule has 8 heteroatoms. The highest BCUT2D eigenvalue weighted by Crippen LogP contribution is 2.26. The molecule has 2 saturated heterocycles. The van der Waals surface area contributed by atoms with Gasteiger partial charge in [-0.15, -0.1) is 0 Å². The normalized spacial score (nSPS) is 25.8. The molecule has 100 valence electrons. The maximum absolute atomic E-state index is 12.1. The van der Waals surface area contributed by atoms with E-state index in [0.29, 0.717) is 13.0 Å². The van der Waals surface area contributed by atoms with Gasteiger partial charge in [-0.2, -0.15) is 0 Å². The first-order valence-corrected chi connectivity index (χ1v) is 6.06. The summed E-state index contributed by atoms with van der Waals surface area (Å²) in [6.07, 6.45) is 0.380. The van der Waals surface area contributed by atoms with E-state index in [0.717, 1.165) is 0 Å². The number of likely N-dealkylation sites (tertiary alicyclic amines) is 1. The van der Waals surface area contributed by atoms with Crippen molar-refractivity contribution in [1.29, 1.82) is 0 Å². The number of nitrogens with zero attached hydrogens (tertiary/aromatic N) is 1. The van der Waals surface area contributed by atoms with Crippen molar-refractivity contribution in [3.63, 3.8) is 0 Å². The van der Waals surface area contributed by atoms with Gasteiger partial charge < -0.3 is 14.6 Å². The van der Waals surface area contributed by atoms with Crippen molar-refractivity contribution in [2.45, 2.75) is 12.0 Å². The van der Waals surface area contributed by atoms with Crippen molar-refractivity contribution >= 4 is 29.4 Å². The first kappa shape index (κ1) is 12.0. The van der Waals surface area contributed by atoms with Crippen LogP contribution in [0.15, 0.2) is 16.5 Å². The number of amides is 4. The van der Waals surface area contributed by atoms with Crippen LogP contribution in [0, 0.1) is 0 Å². The molecule has 1 spiro atoms. The van der Waals surface area contributed by atoms with E-state index in [-0.39, 0.29) is 23.4 Å². The molecular formula is C11H10ClN3O4. The average molecular weight is 284 g/mol. The maximum atomic E-state index is 12.1. The van der Waals surface area contributed by atoms with Gasteiger partial charge in [0.1, 0.15) is 5.54 Å². The van der Waals surface area contributed by atoms with Gasteiger partial charge in [-0.1, -0.05) is 0 Å². The minimum absolute atomic E-state index is 0.117. The van der Waals surface area contributed by atoms with E-state index < -0.39 is 17.5 Å². The van der Waals surface area contributed by atoms with Crippen molar-refractivity contribution in [3.05, 3.63) is 23.1 Å². The number of hydrogen-bond acceptors (Lipinski definition) is 4. The fourth-order valence-electron chi connectivity index (χ4n) is 2.38. The summed E-state index contributed by atoms with van der Waals surface area (Å²) in [6.45, 7) is 0.493. The smallest absolute Gasteiger partial charge is 0.322 e. The molecule has 1 atom stereocenters. The highest BCUT2D eigenvalue weighted by Gasteiger charge is 2.51. The minimum Gasteiger partial charge on any atom is -0.440 e. The van der Waals surface area contributed by atoms with Gasteiger partial charge in [0.2, 0.25) is 0 Å². The van der Waals surface area contributed by atoms with Crippen LogP contribution in [0.4, 0.5) is 4.79 Å². The number of rotatable bonds is 1. The Labute approximate surface area is 112 Å². The van der Waals surface area contributed by atoms with Crippen molar-refractivity contribution in [2.24, 2.45) is 0 Å². The molecule has 2 aliphatic rings. The molecule has 3 rings (SSSR count). The SMILES string of the molecule is O=C1NC(=O)C2(CCN(C(=O)c3ccc(Cl)o3)C2)N1. The Morgan fingerprint density at radius 3 is 2.79 bits per heavy atom. The molecule has 1 aromatic rings. The van der Waals surface area contributed by atoms with Crippen LogP contribution in [0.1, 0.15) is 17.0 Å². The second-order valence-corrected chi connectivity index (χ2v) is 4.94. The Balaban J connectivity index is 1.78. The molecule has 0 saturated carbocycles. The van der Waals surface area contributed by atoms with Gasteiger partial charge in [0, 0.05) is 6.54 Å². The zero-order valence-corrected chi connectivity index (χ0v) is 10.5. The van der Waals surface area contributed by atoms with Gasteiger partial charge in [-0.05, 0) is 30.2 Å². The minimum atomic E-state index is -1.01. The predicted octanol–water partition coefficient (Wildman–Crippen LogP) is 0.357. The summed E-state index contributed by atoms with van der Waals surface area (Å²) in [5.41, 5.74) is -1.01. The van der Waals surface area contributed by atoms with Crippen LogP contribution in [0.2, 0.25) is 5.22 Å². The molecule has 2 aliphatic heterocycles. The number of nitrogens with one attached hydrogen (secondary N) is 2. The lowest BCUT2D eigenvalue weighted by Crippen LogP contribution is -2.49. The molecule has 0 aromatic carbocycles. The van der Waals surface area contributed by atoms with Crippen LogP contribution in [0.25, 0.3) is 0 Å². The summed E-state index contributed by atoms with van der Waals surface area (Å²) in [5, 5.41) is 4.88.